The summed E-state index contributed by atoms with van der Waals surface area (Å²) in [6.45, 7) is 2.02. The van der Waals surface area contributed by atoms with Gasteiger partial charge in [-0.15, -0.1) is 0 Å². The Balaban J connectivity index is 2.02. The zero-order valence-electron chi connectivity index (χ0n) is 12.1. The monoisotopic (exact) mass is 362 g/mol. The highest BCUT2D eigenvalue weighted by atomic mass is 35.5. The van der Waals surface area contributed by atoms with E-state index in [2.05, 4.69) is 15.3 Å². The van der Waals surface area contributed by atoms with E-state index in [-0.39, 0.29) is 0 Å². The highest BCUT2D eigenvalue weighted by Gasteiger charge is 2.08. The first-order valence-corrected chi connectivity index (χ1v) is 7.95. The van der Waals surface area contributed by atoms with Crippen LogP contribution in [0.5, 0.6) is 0 Å². The summed E-state index contributed by atoms with van der Waals surface area (Å²) in [5, 5.41) is 12.5. The van der Waals surface area contributed by atoms with E-state index in [1.165, 1.54) is 0 Å². The molecule has 0 amide bonds. The number of H-pyrrole nitrogens is 1. The van der Waals surface area contributed by atoms with Crippen LogP contribution in [0, 0.1) is 11.7 Å². The molecule has 0 spiro atoms. The number of hydrogen-bond acceptors (Lipinski definition) is 3. The number of aromatic amines is 1. The summed E-state index contributed by atoms with van der Waals surface area (Å²) in [5.41, 5.74) is 2.80. The Kier molecular flexibility index (Phi) is 4.61. The van der Waals surface area contributed by atoms with E-state index in [1.807, 2.05) is 31.2 Å². The zero-order valence-corrected chi connectivity index (χ0v) is 14.5. The predicted octanol–water partition coefficient (Wildman–Crippen LogP) is 5.11. The smallest absolute Gasteiger partial charge is 0.216 e. The molecule has 0 aliphatic rings. The maximum absolute atomic E-state index is 6.15. The van der Waals surface area contributed by atoms with Gasteiger partial charge in [-0.05, 0) is 37.3 Å². The van der Waals surface area contributed by atoms with Crippen LogP contribution in [0.3, 0.4) is 0 Å². The second-order valence-corrected chi connectivity index (χ2v) is 6.17. The van der Waals surface area contributed by atoms with Crippen LogP contribution in [0.1, 0.15) is 11.1 Å². The Morgan fingerprint density at radius 1 is 1.22 bits per heavy atom. The standard InChI is InChI=1S/C16H12Cl2N4S/c1-10-3-2-4-11(7-10)15-20-21-16(23)22(15)19-9-12-5-6-13(17)8-14(12)18/h2-9H,1H3,(H,21,23)/b19-9+. The average Bonchev–Trinajstić information content (AvgIpc) is 2.87. The minimum absolute atomic E-state index is 0.405. The highest BCUT2D eigenvalue weighted by Crippen LogP contribution is 2.21. The van der Waals surface area contributed by atoms with E-state index in [4.69, 9.17) is 35.4 Å². The van der Waals surface area contributed by atoms with E-state index in [0.717, 1.165) is 16.7 Å². The van der Waals surface area contributed by atoms with Crippen molar-refractivity contribution >= 4 is 41.6 Å². The number of nitrogens with one attached hydrogen (secondary N) is 1. The molecule has 0 radical (unpaired) electrons. The summed E-state index contributed by atoms with van der Waals surface area (Å²) in [5.74, 6) is 0.639. The molecule has 0 unspecified atom stereocenters. The molecule has 0 saturated carbocycles. The minimum Gasteiger partial charge on any atom is -0.250 e. The number of aryl methyl sites for hydroxylation is 1. The maximum Gasteiger partial charge on any atom is 0.216 e. The molecule has 0 saturated heterocycles. The lowest BCUT2D eigenvalue weighted by Crippen LogP contribution is -1.95. The normalized spacial score (nSPS) is 11.3. The van der Waals surface area contributed by atoms with Crippen molar-refractivity contribution in [1.82, 2.24) is 14.9 Å². The number of hydrogen-bond donors (Lipinski definition) is 1. The van der Waals surface area contributed by atoms with Crippen LogP contribution in [0.2, 0.25) is 10.0 Å². The number of halogens is 2. The van der Waals surface area contributed by atoms with Gasteiger partial charge in [-0.3, -0.25) is 0 Å². The third-order valence-corrected chi connectivity index (χ3v) is 4.03. The molecule has 4 nitrogen and oxygen atoms in total. The molecule has 2 aromatic carbocycles. The van der Waals surface area contributed by atoms with Gasteiger partial charge in [0.1, 0.15) is 0 Å². The summed E-state index contributed by atoms with van der Waals surface area (Å²) >= 11 is 17.3. The van der Waals surface area contributed by atoms with E-state index < -0.39 is 0 Å². The Bertz CT molecular complexity index is 943. The van der Waals surface area contributed by atoms with Crippen LogP contribution >= 0.6 is 35.4 Å². The molecule has 23 heavy (non-hydrogen) atoms. The van der Waals surface area contributed by atoms with Gasteiger partial charge >= 0.3 is 0 Å². The van der Waals surface area contributed by atoms with Gasteiger partial charge in [0.15, 0.2) is 5.82 Å². The fourth-order valence-corrected chi connectivity index (χ4v) is 2.73. The van der Waals surface area contributed by atoms with Crippen molar-refractivity contribution in [1.29, 1.82) is 0 Å². The molecule has 116 valence electrons. The first-order chi connectivity index (χ1) is 11.0. The molecule has 0 aliphatic heterocycles. The summed E-state index contributed by atoms with van der Waals surface area (Å²) in [7, 11) is 0. The van der Waals surface area contributed by atoms with E-state index in [1.54, 1.807) is 29.1 Å². The van der Waals surface area contributed by atoms with Crippen molar-refractivity contribution in [2.75, 3.05) is 0 Å². The number of rotatable bonds is 3. The van der Waals surface area contributed by atoms with Crippen molar-refractivity contribution in [2.45, 2.75) is 6.92 Å². The third-order valence-electron chi connectivity index (χ3n) is 3.20. The number of benzene rings is 2. The molecular formula is C16H12Cl2N4S. The highest BCUT2D eigenvalue weighted by molar-refractivity contribution is 7.71. The fourth-order valence-electron chi connectivity index (χ4n) is 2.10. The van der Waals surface area contributed by atoms with E-state index in [0.29, 0.717) is 20.6 Å². The van der Waals surface area contributed by atoms with Gasteiger partial charge in [0.05, 0.1) is 11.2 Å². The van der Waals surface area contributed by atoms with Gasteiger partial charge in [-0.1, -0.05) is 53.0 Å². The molecule has 0 aliphatic carbocycles. The second-order valence-electron chi connectivity index (χ2n) is 4.94. The lowest BCUT2D eigenvalue weighted by Gasteiger charge is -2.03. The molecule has 0 bridgehead atoms. The number of aromatic nitrogens is 3. The largest absolute Gasteiger partial charge is 0.250 e. The summed E-state index contributed by atoms with van der Waals surface area (Å²) in [4.78, 5) is 0. The van der Waals surface area contributed by atoms with Crippen LogP contribution in [0.4, 0.5) is 0 Å². The van der Waals surface area contributed by atoms with Crippen molar-refractivity contribution in [2.24, 2.45) is 5.10 Å². The van der Waals surface area contributed by atoms with Crippen LogP contribution in [0.15, 0.2) is 47.6 Å². The molecule has 7 heteroatoms. The Hall–Kier alpha value is -1.95. The van der Waals surface area contributed by atoms with Crippen LogP contribution in [-0.4, -0.2) is 21.1 Å². The van der Waals surface area contributed by atoms with Gasteiger partial charge in [-0.25, -0.2) is 5.10 Å². The molecule has 3 rings (SSSR count). The lowest BCUT2D eigenvalue weighted by atomic mass is 10.1. The van der Waals surface area contributed by atoms with Crippen molar-refractivity contribution in [3.05, 3.63) is 68.4 Å². The minimum atomic E-state index is 0.405. The topological polar surface area (TPSA) is 46.0 Å². The SMILES string of the molecule is Cc1cccc(-c2n[nH]c(=S)n2/N=C/c2ccc(Cl)cc2Cl)c1. The first-order valence-electron chi connectivity index (χ1n) is 6.78. The molecule has 1 heterocycles. The quantitative estimate of drug-likeness (QED) is 0.520. The van der Waals surface area contributed by atoms with Gasteiger partial charge in [0, 0.05) is 16.1 Å². The molecule has 3 aromatic rings. The van der Waals surface area contributed by atoms with E-state index >= 15 is 0 Å². The summed E-state index contributed by atoms with van der Waals surface area (Å²) in [6.07, 6.45) is 1.63. The fraction of sp³-hybridized carbons (Fsp3) is 0.0625. The van der Waals surface area contributed by atoms with Crippen LogP contribution in [-0.2, 0) is 0 Å². The molecule has 1 aromatic heterocycles. The van der Waals surface area contributed by atoms with Crippen molar-refractivity contribution < 1.29 is 0 Å². The molecule has 0 atom stereocenters. The van der Waals surface area contributed by atoms with Gasteiger partial charge in [0.25, 0.3) is 0 Å². The molecule has 1 N–H and O–H groups in total. The van der Waals surface area contributed by atoms with Crippen LogP contribution < -0.4 is 0 Å². The van der Waals surface area contributed by atoms with Gasteiger partial charge in [-0.2, -0.15) is 14.9 Å². The van der Waals surface area contributed by atoms with Crippen molar-refractivity contribution in [3.8, 4) is 11.4 Å². The first kappa shape index (κ1) is 15.9. The maximum atomic E-state index is 6.15. The van der Waals surface area contributed by atoms with Gasteiger partial charge < -0.3 is 0 Å². The van der Waals surface area contributed by atoms with E-state index in [9.17, 15) is 0 Å². The molecular weight excluding hydrogens is 351 g/mol. The second kappa shape index (κ2) is 6.66. The Morgan fingerprint density at radius 2 is 2.04 bits per heavy atom. The number of nitrogens with zero attached hydrogens (tertiary/aromatic N) is 3. The zero-order chi connectivity index (χ0) is 16.4. The lowest BCUT2D eigenvalue weighted by molar-refractivity contribution is 0.871. The molecule has 0 fully saturated rings. The summed E-state index contributed by atoms with van der Waals surface area (Å²) < 4.78 is 1.97. The Morgan fingerprint density at radius 3 is 2.78 bits per heavy atom. The van der Waals surface area contributed by atoms with Crippen LogP contribution in [0.25, 0.3) is 11.4 Å². The predicted molar refractivity (Wildman–Crippen MR) is 97.0 cm³/mol. The third kappa shape index (κ3) is 3.52. The van der Waals surface area contributed by atoms with Gasteiger partial charge in [0.2, 0.25) is 4.77 Å². The Labute approximate surface area is 148 Å². The van der Waals surface area contributed by atoms with Crippen molar-refractivity contribution in [3.63, 3.8) is 0 Å². The summed E-state index contributed by atoms with van der Waals surface area (Å²) in [6, 6.07) is 13.2. The average molecular weight is 363 g/mol.